The van der Waals surface area contributed by atoms with Crippen molar-refractivity contribution < 1.29 is 9.53 Å². The average molecular weight is 417 g/mol. The molecule has 0 atom stereocenters. The molecule has 0 bridgehead atoms. The van der Waals surface area contributed by atoms with E-state index in [-0.39, 0.29) is 5.91 Å². The molecule has 1 aromatic heterocycles. The zero-order valence-electron chi connectivity index (χ0n) is 14.1. The van der Waals surface area contributed by atoms with Gasteiger partial charge in [-0.3, -0.25) is 10.1 Å². The number of rotatable bonds is 4. The largest absolute Gasteiger partial charge is 0.496 e. The number of methoxy groups -OCH3 is 1. The average Bonchev–Trinajstić information content (AvgIpc) is 2.95. The number of carbonyl (C=O) groups excluding carboxylic acids is 1. The van der Waals surface area contributed by atoms with E-state index in [0.717, 1.165) is 20.6 Å². The molecule has 1 N–H and O–H groups in total. The number of carbonyl (C=O) groups is 1. The van der Waals surface area contributed by atoms with Crippen LogP contribution in [0.25, 0.3) is 11.3 Å². The van der Waals surface area contributed by atoms with Gasteiger partial charge in [0.05, 0.1) is 17.3 Å². The Labute approximate surface area is 159 Å². The Kier molecular flexibility index (Phi) is 5.20. The van der Waals surface area contributed by atoms with E-state index in [4.69, 9.17) is 4.74 Å². The van der Waals surface area contributed by atoms with Crippen molar-refractivity contribution in [3.05, 3.63) is 62.9 Å². The number of nitrogens with one attached hydrogen (secondary N) is 1. The highest BCUT2D eigenvalue weighted by atomic mass is 79.9. The normalized spacial score (nSPS) is 10.6. The van der Waals surface area contributed by atoms with Crippen LogP contribution in [0.3, 0.4) is 0 Å². The van der Waals surface area contributed by atoms with Crippen molar-refractivity contribution in [2.45, 2.75) is 13.8 Å². The van der Waals surface area contributed by atoms with Crippen molar-refractivity contribution in [2.24, 2.45) is 0 Å². The molecule has 0 fully saturated rings. The summed E-state index contributed by atoms with van der Waals surface area (Å²) < 4.78 is 5.92. The Morgan fingerprint density at radius 3 is 2.52 bits per heavy atom. The van der Waals surface area contributed by atoms with E-state index >= 15 is 0 Å². The Morgan fingerprint density at radius 2 is 1.88 bits per heavy atom. The van der Waals surface area contributed by atoms with E-state index < -0.39 is 0 Å². The third-order valence-corrected chi connectivity index (χ3v) is 5.26. The summed E-state index contributed by atoms with van der Waals surface area (Å²) in [6.07, 6.45) is 0. The molecule has 3 rings (SSSR count). The molecule has 1 heterocycles. The van der Waals surface area contributed by atoms with Crippen LogP contribution >= 0.6 is 27.3 Å². The smallest absolute Gasteiger partial charge is 0.257 e. The molecule has 0 spiro atoms. The van der Waals surface area contributed by atoms with Crippen LogP contribution in [0, 0.1) is 13.8 Å². The Balaban J connectivity index is 1.81. The molecule has 4 nitrogen and oxygen atoms in total. The maximum absolute atomic E-state index is 12.5. The third-order valence-electron chi connectivity index (χ3n) is 3.76. The van der Waals surface area contributed by atoms with Gasteiger partial charge in [0.2, 0.25) is 0 Å². The summed E-state index contributed by atoms with van der Waals surface area (Å²) in [5.74, 6) is 0.482. The molecule has 0 unspecified atom stereocenters. The molecule has 0 radical (unpaired) electrons. The topological polar surface area (TPSA) is 51.2 Å². The van der Waals surface area contributed by atoms with Crippen LogP contribution in [-0.4, -0.2) is 18.0 Å². The van der Waals surface area contributed by atoms with E-state index in [1.54, 1.807) is 25.3 Å². The van der Waals surface area contributed by atoms with Gasteiger partial charge in [0.25, 0.3) is 5.91 Å². The number of thiazole rings is 1. The molecule has 0 saturated heterocycles. The van der Waals surface area contributed by atoms with Gasteiger partial charge in [-0.25, -0.2) is 4.98 Å². The van der Waals surface area contributed by atoms with Crippen molar-refractivity contribution in [1.29, 1.82) is 0 Å². The molecule has 0 aliphatic rings. The van der Waals surface area contributed by atoms with Gasteiger partial charge in [0, 0.05) is 16.0 Å². The molecular formula is C19H17BrN2O2S. The predicted octanol–water partition coefficient (Wildman–Crippen LogP) is 5.45. The lowest BCUT2D eigenvalue weighted by atomic mass is 10.1. The lowest BCUT2D eigenvalue weighted by Gasteiger charge is -2.06. The monoisotopic (exact) mass is 416 g/mol. The van der Waals surface area contributed by atoms with Crippen molar-refractivity contribution in [3.63, 3.8) is 0 Å². The zero-order chi connectivity index (χ0) is 18.0. The maximum atomic E-state index is 12.5. The summed E-state index contributed by atoms with van der Waals surface area (Å²) in [5.41, 5.74) is 3.69. The highest BCUT2D eigenvalue weighted by molar-refractivity contribution is 9.10. The Bertz CT molecular complexity index is 920. The number of halogens is 1. The number of amides is 1. The molecule has 25 heavy (non-hydrogen) atoms. The second-order valence-corrected chi connectivity index (χ2v) is 7.65. The molecule has 0 aliphatic carbocycles. The van der Waals surface area contributed by atoms with E-state index in [1.807, 2.05) is 19.1 Å². The first-order chi connectivity index (χ1) is 12.0. The number of benzene rings is 2. The zero-order valence-corrected chi connectivity index (χ0v) is 16.5. The first-order valence-corrected chi connectivity index (χ1v) is 9.28. The summed E-state index contributed by atoms with van der Waals surface area (Å²) in [6, 6.07) is 13.4. The van der Waals surface area contributed by atoms with E-state index in [1.165, 1.54) is 16.9 Å². The van der Waals surface area contributed by atoms with Crippen LogP contribution in [0.2, 0.25) is 0 Å². The lowest BCUT2D eigenvalue weighted by Crippen LogP contribution is -2.11. The number of aryl methyl sites for hydroxylation is 2. The molecule has 1 amide bonds. The van der Waals surface area contributed by atoms with E-state index in [0.29, 0.717) is 16.4 Å². The van der Waals surface area contributed by atoms with Gasteiger partial charge < -0.3 is 4.74 Å². The molecule has 0 saturated carbocycles. The minimum atomic E-state index is -0.201. The summed E-state index contributed by atoms with van der Waals surface area (Å²) in [7, 11) is 1.59. The van der Waals surface area contributed by atoms with Crippen molar-refractivity contribution >= 4 is 38.3 Å². The summed E-state index contributed by atoms with van der Waals surface area (Å²) in [6.45, 7) is 4.06. The molecule has 2 aromatic carbocycles. The first-order valence-electron chi connectivity index (χ1n) is 7.67. The number of hydrogen-bond donors (Lipinski definition) is 1. The highest BCUT2D eigenvalue weighted by Gasteiger charge is 2.14. The molecule has 128 valence electrons. The predicted molar refractivity (Wildman–Crippen MR) is 106 cm³/mol. The van der Waals surface area contributed by atoms with E-state index in [2.05, 4.69) is 45.3 Å². The van der Waals surface area contributed by atoms with Gasteiger partial charge in [0.1, 0.15) is 5.75 Å². The third kappa shape index (κ3) is 3.91. The lowest BCUT2D eigenvalue weighted by molar-refractivity contribution is 0.102. The Hall–Kier alpha value is -2.18. The standard InChI is InChI=1S/C19H17BrN2O2S/c1-11-4-6-13(7-5-11)17-12(2)25-19(21-17)22-18(23)14-8-9-16(24-3)15(20)10-14/h4-10H,1-3H3,(H,21,22,23). The van der Waals surface area contributed by atoms with Crippen LogP contribution in [-0.2, 0) is 0 Å². The van der Waals surface area contributed by atoms with Crippen LogP contribution in [0.1, 0.15) is 20.8 Å². The van der Waals surface area contributed by atoms with Gasteiger partial charge in [-0.05, 0) is 48.0 Å². The van der Waals surface area contributed by atoms with Crippen LogP contribution in [0.5, 0.6) is 5.75 Å². The van der Waals surface area contributed by atoms with Gasteiger partial charge in [0.15, 0.2) is 5.13 Å². The van der Waals surface area contributed by atoms with Crippen LogP contribution in [0.4, 0.5) is 5.13 Å². The Morgan fingerprint density at radius 1 is 1.16 bits per heavy atom. The second-order valence-electron chi connectivity index (χ2n) is 5.59. The number of aromatic nitrogens is 1. The van der Waals surface area contributed by atoms with Crippen molar-refractivity contribution in [2.75, 3.05) is 12.4 Å². The molecule has 3 aromatic rings. The van der Waals surface area contributed by atoms with Gasteiger partial charge in [-0.1, -0.05) is 29.8 Å². The van der Waals surface area contributed by atoms with Crippen molar-refractivity contribution in [3.8, 4) is 17.0 Å². The molecular weight excluding hydrogens is 400 g/mol. The summed E-state index contributed by atoms with van der Waals surface area (Å²) >= 11 is 4.86. The fourth-order valence-corrected chi connectivity index (χ4v) is 3.78. The summed E-state index contributed by atoms with van der Waals surface area (Å²) in [4.78, 5) is 18.1. The van der Waals surface area contributed by atoms with Gasteiger partial charge >= 0.3 is 0 Å². The highest BCUT2D eigenvalue weighted by Crippen LogP contribution is 2.31. The van der Waals surface area contributed by atoms with Crippen LogP contribution in [0.15, 0.2) is 46.9 Å². The second kappa shape index (κ2) is 7.37. The minimum Gasteiger partial charge on any atom is -0.496 e. The fourth-order valence-electron chi connectivity index (χ4n) is 2.41. The van der Waals surface area contributed by atoms with Crippen LogP contribution < -0.4 is 10.1 Å². The number of ether oxygens (including phenoxy) is 1. The first kappa shape index (κ1) is 17.6. The maximum Gasteiger partial charge on any atom is 0.257 e. The molecule has 6 heteroatoms. The summed E-state index contributed by atoms with van der Waals surface area (Å²) in [5, 5.41) is 3.46. The van der Waals surface area contributed by atoms with E-state index in [9.17, 15) is 4.79 Å². The number of hydrogen-bond acceptors (Lipinski definition) is 4. The minimum absolute atomic E-state index is 0.201. The number of anilines is 1. The fraction of sp³-hybridized carbons (Fsp3) is 0.158. The van der Waals surface area contributed by atoms with Crippen molar-refractivity contribution in [1.82, 2.24) is 4.98 Å². The van der Waals surface area contributed by atoms with Gasteiger partial charge in [-0.2, -0.15) is 0 Å². The molecule has 0 aliphatic heterocycles. The quantitative estimate of drug-likeness (QED) is 0.614. The number of nitrogens with zero attached hydrogens (tertiary/aromatic N) is 1. The SMILES string of the molecule is COc1ccc(C(=O)Nc2nc(-c3ccc(C)cc3)c(C)s2)cc1Br. The van der Waals surface area contributed by atoms with Gasteiger partial charge in [-0.15, -0.1) is 11.3 Å².